The zero-order valence-corrected chi connectivity index (χ0v) is 8.45. The minimum Gasteiger partial charge on any atom is -0.334 e. The molecule has 0 bridgehead atoms. The zero-order valence-electron chi connectivity index (χ0n) is 8.45. The van der Waals surface area contributed by atoms with Crippen molar-refractivity contribution in [3.05, 3.63) is 35.2 Å². The van der Waals surface area contributed by atoms with E-state index in [1.165, 1.54) is 11.1 Å². The van der Waals surface area contributed by atoms with E-state index in [0.717, 1.165) is 18.7 Å². The highest BCUT2D eigenvalue weighted by Gasteiger charge is 2.13. The number of nitrogens with one attached hydrogen (secondary N) is 1. The number of benzene rings is 1. The summed E-state index contributed by atoms with van der Waals surface area (Å²) in [5, 5.41) is 7.09. The van der Waals surface area contributed by atoms with Gasteiger partial charge in [0, 0.05) is 18.7 Å². The minimum absolute atomic E-state index is 0.599. The van der Waals surface area contributed by atoms with Gasteiger partial charge in [-0.1, -0.05) is 11.2 Å². The van der Waals surface area contributed by atoms with E-state index < -0.39 is 0 Å². The maximum absolute atomic E-state index is 5.13. The number of nitrogens with zero attached hydrogens (tertiary/aromatic N) is 2. The Kier molecular flexibility index (Phi) is 1.82. The predicted octanol–water partition coefficient (Wildman–Crippen LogP) is 1.65. The summed E-state index contributed by atoms with van der Waals surface area (Å²) >= 11 is 0. The molecule has 0 aliphatic carbocycles. The zero-order chi connectivity index (χ0) is 10.3. The van der Waals surface area contributed by atoms with Crippen molar-refractivity contribution in [2.24, 2.45) is 0 Å². The van der Waals surface area contributed by atoms with Crippen LogP contribution in [0.25, 0.3) is 11.5 Å². The van der Waals surface area contributed by atoms with Crippen LogP contribution < -0.4 is 5.32 Å². The second kappa shape index (κ2) is 3.17. The van der Waals surface area contributed by atoms with Gasteiger partial charge in [-0.05, 0) is 30.2 Å². The molecule has 0 fully saturated rings. The first-order valence-electron chi connectivity index (χ1n) is 4.96. The molecule has 0 radical (unpaired) electrons. The van der Waals surface area contributed by atoms with Gasteiger partial charge in [0.2, 0.25) is 0 Å². The van der Waals surface area contributed by atoms with Gasteiger partial charge < -0.3 is 9.84 Å². The molecule has 15 heavy (non-hydrogen) atoms. The lowest BCUT2D eigenvalue weighted by Crippen LogP contribution is -1.99. The van der Waals surface area contributed by atoms with Crippen LogP contribution >= 0.6 is 0 Å². The first kappa shape index (κ1) is 8.61. The van der Waals surface area contributed by atoms with Crippen molar-refractivity contribution in [2.75, 3.05) is 0 Å². The van der Waals surface area contributed by atoms with E-state index in [1.807, 2.05) is 13.0 Å². The Hall–Kier alpha value is -1.68. The molecule has 2 heterocycles. The van der Waals surface area contributed by atoms with Crippen molar-refractivity contribution in [1.29, 1.82) is 0 Å². The van der Waals surface area contributed by atoms with Crippen molar-refractivity contribution in [2.45, 2.75) is 20.0 Å². The Balaban J connectivity index is 2.06. The highest BCUT2D eigenvalue weighted by Crippen LogP contribution is 2.23. The van der Waals surface area contributed by atoms with Gasteiger partial charge in [-0.2, -0.15) is 4.98 Å². The van der Waals surface area contributed by atoms with Crippen LogP contribution in [0, 0.1) is 6.92 Å². The minimum atomic E-state index is 0.599. The summed E-state index contributed by atoms with van der Waals surface area (Å²) in [5.74, 6) is 1.27. The molecule has 1 aromatic heterocycles. The number of hydrogen-bond donors (Lipinski definition) is 1. The van der Waals surface area contributed by atoms with E-state index in [-0.39, 0.29) is 0 Å². The Labute approximate surface area is 87.3 Å². The largest absolute Gasteiger partial charge is 0.334 e. The fraction of sp³-hybridized carbons (Fsp3) is 0.273. The van der Waals surface area contributed by atoms with Crippen molar-refractivity contribution < 1.29 is 4.52 Å². The fourth-order valence-corrected chi connectivity index (χ4v) is 1.84. The van der Waals surface area contributed by atoms with Crippen molar-refractivity contribution in [3.8, 4) is 11.5 Å². The normalized spacial score (nSPS) is 14.2. The van der Waals surface area contributed by atoms with Gasteiger partial charge in [-0.25, -0.2) is 0 Å². The lowest BCUT2D eigenvalue weighted by molar-refractivity contribution is 0.425. The Morgan fingerprint density at radius 2 is 2.13 bits per heavy atom. The third-order valence-corrected chi connectivity index (χ3v) is 2.61. The van der Waals surface area contributed by atoms with Crippen LogP contribution in [-0.4, -0.2) is 10.1 Å². The second-order valence-electron chi connectivity index (χ2n) is 3.73. The number of aromatic nitrogens is 2. The maximum Gasteiger partial charge on any atom is 0.257 e. The number of hydrogen-bond acceptors (Lipinski definition) is 4. The van der Waals surface area contributed by atoms with E-state index in [9.17, 15) is 0 Å². The molecule has 1 aliphatic heterocycles. The molecule has 2 aromatic rings. The first-order valence-corrected chi connectivity index (χ1v) is 4.96. The molecule has 0 saturated heterocycles. The van der Waals surface area contributed by atoms with Gasteiger partial charge in [0.25, 0.3) is 5.89 Å². The summed E-state index contributed by atoms with van der Waals surface area (Å²) in [7, 11) is 0. The summed E-state index contributed by atoms with van der Waals surface area (Å²) in [4.78, 5) is 4.21. The molecule has 1 N–H and O–H groups in total. The van der Waals surface area contributed by atoms with Crippen molar-refractivity contribution in [3.63, 3.8) is 0 Å². The molecule has 0 unspecified atom stereocenters. The van der Waals surface area contributed by atoms with Crippen LogP contribution in [0.2, 0.25) is 0 Å². The van der Waals surface area contributed by atoms with Gasteiger partial charge in [0.15, 0.2) is 5.82 Å². The Morgan fingerprint density at radius 1 is 1.27 bits per heavy atom. The summed E-state index contributed by atoms with van der Waals surface area (Å²) in [6, 6.07) is 6.26. The smallest absolute Gasteiger partial charge is 0.257 e. The molecule has 4 heteroatoms. The lowest BCUT2D eigenvalue weighted by Gasteiger charge is -1.99. The molecule has 76 valence electrons. The van der Waals surface area contributed by atoms with Crippen LogP contribution in [-0.2, 0) is 13.1 Å². The molecule has 4 nitrogen and oxygen atoms in total. The van der Waals surface area contributed by atoms with Gasteiger partial charge in [-0.15, -0.1) is 0 Å². The van der Waals surface area contributed by atoms with E-state index in [1.54, 1.807) is 0 Å². The predicted molar refractivity (Wildman–Crippen MR) is 55.0 cm³/mol. The quantitative estimate of drug-likeness (QED) is 0.762. The standard InChI is InChI=1S/C11H11N3O/c1-7-13-11(15-14-7)8-2-3-9-5-12-6-10(9)4-8/h2-4,12H,5-6H2,1H3. The monoisotopic (exact) mass is 201 g/mol. The molecule has 3 rings (SSSR count). The summed E-state index contributed by atoms with van der Waals surface area (Å²) in [5.41, 5.74) is 3.68. The average molecular weight is 201 g/mol. The first-order chi connectivity index (χ1) is 7.33. The lowest BCUT2D eigenvalue weighted by atomic mass is 10.1. The molecule has 0 saturated carbocycles. The third-order valence-electron chi connectivity index (χ3n) is 2.61. The van der Waals surface area contributed by atoms with Gasteiger partial charge in [0.05, 0.1) is 0 Å². The average Bonchev–Trinajstić information content (AvgIpc) is 2.84. The molecule has 0 amide bonds. The summed E-state index contributed by atoms with van der Waals surface area (Å²) in [6.45, 7) is 3.71. The molecular formula is C11H11N3O. The molecule has 0 atom stereocenters. The van der Waals surface area contributed by atoms with Crippen LogP contribution in [0.15, 0.2) is 22.7 Å². The van der Waals surface area contributed by atoms with Gasteiger partial charge in [-0.3, -0.25) is 0 Å². The molecule has 1 aliphatic rings. The topological polar surface area (TPSA) is 51.0 Å². The molecule has 0 spiro atoms. The van der Waals surface area contributed by atoms with Crippen LogP contribution in [0.1, 0.15) is 17.0 Å². The number of fused-ring (bicyclic) bond motifs is 1. The van der Waals surface area contributed by atoms with E-state index in [4.69, 9.17) is 4.52 Å². The molecular weight excluding hydrogens is 190 g/mol. The summed E-state index contributed by atoms with van der Waals surface area (Å²) < 4.78 is 5.13. The van der Waals surface area contributed by atoms with E-state index in [0.29, 0.717) is 11.7 Å². The van der Waals surface area contributed by atoms with Crippen LogP contribution in [0.3, 0.4) is 0 Å². The van der Waals surface area contributed by atoms with Crippen LogP contribution in [0.5, 0.6) is 0 Å². The van der Waals surface area contributed by atoms with E-state index >= 15 is 0 Å². The number of aryl methyl sites for hydroxylation is 1. The summed E-state index contributed by atoms with van der Waals surface area (Å²) in [6.07, 6.45) is 0. The van der Waals surface area contributed by atoms with Crippen LogP contribution in [0.4, 0.5) is 0 Å². The van der Waals surface area contributed by atoms with Crippen molar-refractivity contribution >= 4 is 0 Å². The Bertz CT molecular complexity index is 504. The maximum atomic E-state index is 5.13. The number of rotatable bonds is 1. The van der Waals surface area contributed by atoms with Crippen molar-refractivity contribution in [1.82, 2.24) is 15.5 Å². The second-order valence-corrected chi connectivity index (χ2v) is 3.73. The SMILES string of the molecule is Cc1noc(-c2ccc3c(c2)CNC3)n1. The third kappa shape index (κ3) is 1.43. The highest BCUT2D eigenvalue weighted by atomic mass is 16.5. The van der Waals surface area contributed by atoms with Gasteiger partial charge in [0.1, 0.15) is 0 Å². The molecule has 1 aromatic carbocycles. The fourth-order valence-electron chi connectivity index (χ4n) is 1.84. The Morgan fingerprint density at radius 3 is 2.93 bits per heavy atom. The highest BCUT2D eigenvalue weighted by molar-refractivity contribution is 5.56. The van der Waals surface area contributed by atoms with E-state index in [2.05, 4.69) is 27.6 Å². The van der Waals surface area contributed by atoms with Gasteiger partial charge >= 0.3 is 0 Å².